The van der Waals surface area contributed by atoms with Crippen LogP contribution in [-0.2, 0) is 10.7 Å². The van der Waals surface area contributed by atoms with Crippen LogP contribution in [0.2, 0.25) is 0 Å². The molecule has 10 heteroatoms. The van der Waals surface area contributed by atoms with Gasteiger partial charge < -0.3 is 20.7 Å². The van der Waals surface area contributed by atoms with Gasteiger partial charge in [-0.25, -0.2) is 22.9 Å². The Balaban J connectivity index is 1.39. The monoisotopic (exact) mass is 484 g/mol. The van der Waals surface area contributed by atoms with E-state index in [0.29, 0.717) is 35.5 Å². The number of carbonyl (C=O) groups excluding carboxylic acids is 2. The average molecular weight is 484 g/mol. The number of hydrogen-bond donors (Lipinski definition) is 3. The number of rotatable bonds is 7. The highest BCUT2D eigenvalue weighted by Gasteiger charge is 2.30. The van der Waals surface area contributed by atoms with E-state index in [4.69, 9.17) is 4.74 Å². The molecule has 0 aliphatic heterocycles. The van der Waals surface area contributed by atoms with E-state index >= 15 is 0 Å². The van der Waals surface area contributed by atoms with E-state index in [0.717, 1.165) is 25.0 Å². The number of alkyl halides is 2. The van der Waals surface area contributed by atoms with Gasteiger partial charge in [-0.1, -0.05) is 0 Å². The van der Waals surface area contributed by atoms with Crippen LogP contribution < -0.4 is 20.7 Å². The molecule has 3 aromatic rings. The smallest absolute Gasteiger partial charge is 0.323 e. The number of benzene rings is 2. The first-order valence-electron chi connectivity index (χ1n) is 10.9. The Kier molecular flexibility index (Phi) is 6.63. The highest BCUT2D eigenvalue weighted by atomic mass is 19.3. The van der Waals surface area contributed by atoms with Gasteiger partial charge in [0.1, 0.15) is 23.1 Å². The van der Waals surface area contributed by atoms with Crippen molar-refractivity contribution in [3.05, 3.63) is 71.7 Å². The third-order valence-corrected chi connectivity index (χ3v) is 5.29. The Morgan fingerprint density at radius 1 is 1.00 bits per heavy atom. The summed E-state index contributed by atoms with van der Waals surface area (Å²) in [6.45, 7) is 2.36. The van der Waals surface area contributed by atoms with Crippen LogP contribution in [0.15, 0.2) is 54.7 Å². The molecular formula is C25H23F3N4O3. The molecule has 4 rings (SSSR count). The number of nitrogens with one attached hydrogen (secondary N) is 3. The molecule has 0 radical (unpaired) electrons. The molecule has 1 aliphatic rings. The summed E-state index contributed by atoms with van der Waals surface area (Å²) < 4.78 is 46.6. The molecule has 1 aliphatic carbocycles. The second-order valence-electron chi connectivity index (χ2n) is 8.38. The Labute approximate surface area is 199 Å². The minimum atomic E-state index is -3.39. The Morgan fingerprint density at radius 2 is 1.69 bits per heavy atom. The van der Waals surface area contributed by atoms with Crippen LogP contribution in [0, 0.1) is 18.7 Å². The molecule has 3 amide bonds. The van der Waals surface area contributed by atoms with E-state index in [1.807, 2.05) is 0 Å². The van der Waals surface area contributed by atoms with Crippen LogP contribution in [0.5, 0.6) is 11.5 Å². The summed E-state index contributed by atoms with van der Waals surface area (Å²) in [5.74, 6) is -3.04. The van der Waals surface area contributed by atoms with Gasteiger partial charge in [0.25, 0.3) is 5.92 Å². The van der Waals surface area contributed by atoms with Crippen molar-refractivity contribution in [1.29, 1.82) is 0 Å². The third kappa shape index (κ3) is 6.28. The first kappa shape index (κ1) is 24.1. The summed E-state index contributed by atoms with van der Waals surface area (Å²) in [5.41, 5.74) is 0.360. The topological polar surface area (TPSA) is 92.3 Å². The van der Waals surface area contributed by atoms with Gasteiger partial charge in [-0.15, -0.1) is 0 Å². The van der Waals surface area contributed by atoms with E-state index in [9.17, 15) is 22.8 Å². The SMILES string of the molecule is Cc1cc(NC(=O)Nc2ccc(F)c(C(C)(F)F)c2)ccc1Oc1ccnc(NC(=O)C2CC2)c1. The Bertz CT molecular complexity index is 1270. The maximum atomic E-state index is 13.7. The molecule has 1 aromatic heterocycles. The van der Waals surface area contributed by atoms with Gasteiger partial charge in [-0.05, 0) is 67.8 Å². The van der Waals surface area contributed by atoms with Crippen molar-refractivity contribution >= 4 is 29.1 Å². The predicted octanol–water partition coefficient (Wildman–Crippen LogP) is 6.43. The van der Waals surface area contributed by atoms with Gasteiger partial charge in [0, 0.05) is 36.5 Å². The summed E-state index contributed by atoms with van der Waals surface area (Å²) in [6.07, 6.45) is 3.31. The summed E-state index contributed by atoms with van der Waals surface area (Å²) in [4.78, 5) is 28.4. The summed E-state index contributed by atoms with van der Waals surface area (Å²) in [7, 11) is 0. The summed E-state index contributed by atoms with van der Waals surface area (Å²) >= 11 is 0. The van der Waals surface area contributed by atoms with Crippen LogP contribution in [0.3, 0.4) is 0 Å². The number of hydrogen-bond acceptors (Lipinski definition) is 4. The zero-order valence-corrected chi connectivity index (χ0v) is 19.0. The normalized spacial score (nSPS) is 13.2. The third-order valence-electron chi connectivity index (χ3n) is 5.29. The maximum Gasteiger partial charge on any atom is 0.323 e. The molecule has 1 saturated carbocycles. The van der Waals surface area contributed by atoms with E-state index in [1.165, 1.54) is 12.3 Å². The van der Waals surface area contributed by atoms with Crippen molar-refractivity contribution in [2.45, 2.75) is 32.6 Å². The van der Waals surface area contributed by atoms with Gasteiger partial charge in [0.15, 0.2) is 0 Å². The molecule has 1 heterocycles. The van der Waals surface area contributed by atoms with Gasteiger partial charge in [-0.2, -0.15) is 0 Å². The van der Waals surface area contributed by atoms with Crippen LogP contribution >= 0.6 is 0 Å². The number of pyridine rings is 1. The fraction of sp³-hybridized carbons (Fsp3) is 0.240. The number of anilines is 3. The van der Waals surface area contributed by atoms with E-state index in [1.54, 1.807) is 37.3 Å². The molecule has 0 spiro atoms. The predicted molar refractivity (Wildman–Crippen MR) is 125 cm³/mol. The molecule has 1 fully saturated rings. The van der Waals surface area contributed by atoms with Crippen LogP contribution in [0.25, 0.3) is 0 Å². The first-order valence-corrected chi connectivity index (χ1v) is 10.9. The molecule has 182 valence electrons. The summed E-state index contributed by atoms with van der Waals surface area (Å²) in [6, 6.07) is 10.5. The quantitative estimate of drug-likeness (QED) is 0.361. The molecule has 0 unspecified atom stereocenters. The molecule has 35 heavy (non-hydrogen) atoms. The second kappa shape index (κ2) is 9.65. The molecule has 0 atom stereocenters. The minimum absolute atomic E-state index is 0.0272. The molecule has 2 aromatic carbocycles. The number of amides is 3. The lowest BCUT2D eigenvalue weighted by atomic mass is 10.1. The van der Waals surface area contributed by atoms with Crippen LogP contribution in [0.4, 0.5) is 35.2 Å². The lowest BCUT2D eigenvalue weighted by Gasteiger charge is -2.15. The lowest BCUT2D eigenvalue weighted by Crippen LogP contribution is -2.20. The van der Waals surface area contributed by atoms with E-state index in [2.05, 4.69) is 20.9 Å². The van der Waals surface area contributed by atoms with Crippen molar-refractivity contribution in [1.82, 2.24) is 4.98 Å². The fourth-order valence-corrected chi connectivity index (χ4v) is 3.32. The number of carbonyl (C=O) groups is 2. The minimum Gasteiger partial charge on any atom is -0.457 e. The average Bonchev–Trinajstić information content (AvgIpc) is 3.62. The zero-order valence-electron chi connectivity index (χ0n) is 19.0. The number of nitrogens with zero attached hydrogens (tertiary/aromatic N) is 1. The van der Waals surface area contributed by atoms with E-state index < -0.39 is 23.3 Å². The highest BCUT2D eigenvalue weighted by Crippen LogP contribution is 2.32. The van der Waals surface area contributed by atoms with Gasteiger partial charge in [-0.3, -0.25) is 4.79 Å². The van der Waals surface area contributed by atoms with Gasteiger partial charge in [0.05, 0.1) is 5.56 Å². The maximum absolute atomic E-state index is 13.7. The van der Waals surface area contributed by atoms with Crippen molar-refractivity contribution in [2.24, 2.45) is 5.92 Å². The second-order valence-corrected chi connectivity index (χ2v) is 8.38. The lowest BCUT2D eigenvalue weighted by molar-refractivity contribution is -0.117. The molecule has 7 nitrogen and oxygen atoms in total. The van der Waals surface area contributed by atoms with Crippen molar-refractivity contribution in [3.63, 3.8) is 0 Å². The van der Waals surface area contributed by atoms with E-state index in [-0.39, 0.29) is 17.5 Å². The number of ether oxygens (including phenoxy) is 1. The molecule has 0 bridgehead atoms. The standard InChI is InChI=1S/C25H23F3N4O3/c1-14-11-16(30-24(34)31-17-5-7-20(26)19(12-17)25(2,27)28)6-8-21(14)35-18-9-10-29-22(13-18)32-23(33)15-3-4-15/h5-13,15H,3-4H2,1-2H3,(H,29,32,33)(H2,30,31,34). The van der Waals surface area contributed by atoms with Crippen molar-refractivity contribution < 1.29 is 27.5 Å². The van der Waals surface area contributed by atoms with Crippen LogP contribution in [0.1, 0.15) is 30.9 Å². The number of aromatic nitrogens is 1. The van der Waals surface area contributed by atoms with Crippen LogP contribution in [-0.4, -0.2) is 16.9 Å². The van der Waals surface area contributed by atoms with Crippen molar-refractivity contribution in [3.8, 4) is 11.5 Å². The highest BCUT2D eigenvalue weighted by molar-refractivity contribution is 6.00. The Hall–Kier alpha value is -4.08. The van der Waals surface area contributed by atoms with Gasteiger partial charge in [0.2, 0.25) is 5.91 Å². The number of urea groups is 1. The number of aryl methyl sites for hydroxylation is 1. The molecule has 0 saturated heterocycles. The Morgan fingerprint density at radius 3 is 2.34 bits per heavy atom. The zero-order chi connectivity index (χ0) is 25.2. The fourth-order valence-electron chi connectivity index (χ4n) is 3.32. The number of halogens is 3. The summed E-state index contributed by atoms with van der Waals surface area (Å²) in [5, 5.41) is 7.78. The molecular weight excluding hydrogens is 461 g/mol. The molecule has 3 N–H and O–H groups in total. The largest absolute Gasteiger partial charge is 0.457 e. The first-order chi connectivity index (χ1) is 16.6. The van der Waals surface area contributed by atoms with Crippen molar-refractivity contribution in [2.75, 3.05) is 16.0 Å². The van der Waals surface area contributed by atoms with Gasteiger partial charge >= 0.3 is 6.03 Å².